The molecule has 0 unspecified atom stereocenters. The Balaban J connectivity index is 1.61. The summed E-state index contributed by atoms with van der Waals surface area (Å²) in [5.41, 5.74) is 0.718. The van der Waals surface area contributed by atoms with Crippen molar-refractivity contribution in [3.05, 3.63) is 39.8 Å². The van der Waals surface area contributed by atoms with Crippen molar-refractivity contribution in [1.82, 2.24) is 10.2 Å². The minimum atomic E-state index is -0.518. The van der Waals surface area contributed by atoms with Gasteiger partial charge in [0.15, 0.2) is 0 Å². The number of nitro groups is 1. The Morgan fingerprint density at radius 3 is 2.96 bits per heavy atom. The van der Waals surface area contributed by atoms with Crippen LogP contribution in [0.5, 0.6) is 0 Å². The summed E-state index contributed by atoms with van der Waals surface area (Å²) in [6.07, 6.45) is 2.12. The Morgan fingerprint density at radius 1 is 1.48 bits per heavy atom. The Bertz CT molecular complexity index is 757. The van der Waals surface area contributed by atoms with E-state index < -0.39 is 4.92 Å². The lowest BCUT2D eigenvalue weighted by Crippen LogP contribution is -2.16. The van der Waals surface area contributed by atoms with Crippen LogP contribution in [0, 0.1) is 17.0 Å². The van der Waals surface area contributed by atoms with Gasteiger partial charge in [-0.25, -0.2) is 0 Å². The van der Waals surface area contributed by atoms with Crippen LogP contribution in [0.15, 0.2) is 27.8 Å². The van der Waals surface area contributed by atoms with E-state index in [0.717, 1.165) is 24.6 Å². The number of aromatic nitrogens is 2. The van der Waals surface area contributed by atoms with E-state index in [2.05, 4.69) is 15.5 Å². The van der Waals surface area contributed by atoms with Gasteiger partial charge in [-0.05, 0) is 25.3 Å². The predicted octanol–water partition coefficient (Wildman–Crippen LogP) is 2.89. The van der Waals surface area contributed by atoms with Crippen molar-refractivity contribution in [1.29, 1.82) is 0 Å². The molecule has 1 amide bonds. The van der Waals surface area contributed by atoms with Crippen molar-refractivity contribution in [2.45, 2.75) is 30.9 Å². The van der Waals surface area contributed by atoms with Crippen LogP contribution in [-0.4, -0.2) is 26.8 Å². The van der Waals surface area contributed by atoms with E-state index in [4.69, 9.17) is 4.42 Å². The van der Waals surface area contributed by atoms with Gasteiger partial charge in [0.05, 0.1) is 10.7 Å². The fourth-order valence-electron chi connectivity index (χ4n) is 2.04. The van der Waals surface area contributed by atoms with Gasteiger partial charge in [0, 0.05) is 12.0 Å². The molecule has 1 aliphatic carbocycles. The van der Waals surface area contributed by atoms with Crippen LogP contribution in [0.2, 0.25) is 0 Å². The van der Waals surface area contributed by atoms with Crippen LogP contribution >= 0.6 is 11.8 Å². The molecule has 1 heterocycles. The van der Waals surface area contributed by atoms with E-state index in [1.165, 1.54) is 6.07 Å². The molecule has 0 radical (unpaired) electrons. The summed E-state index contributed by atoms with van der Waals surface area (Å²) < 4.78 is 5.45. The third kappa shape index (κ3) is 3.67. The molecule has 3 rings (SSSR count). The smallest absolute Gasteiger partial charge is 0.293 e. The lowest BCUT2D eigenvalue weighted by atomic mass is 10.1. The molecule has 0 aliphatic heterocycles. The maximum absolute atomic E-state index is 12.0. The third-order valence-corrected chi connectivity index (χ3v) is 4.21. The maximum Gasteiger partial charge on any atom is 0.293 e. The zero-order chi connectivity index (χ0) is 16.4. The molecule has 1 fully saturated rings. The number of amides is 1. The standard InChI is InChI=1S/C14H14N4O4S/c1-8-3-2-4-10(18(20)21)12(8)15-11(19)7-23-14-17-16-13(22-14)9-5-6-9/h2-4,9H,5-7H2,1H3,(H,15,19). The number of benzene rings is 1. The molecule has 0 saturated heterocycles. The summed E-state index contributed by atoms with van der Waals surface area (Å²) in [6, 6.07) is 4.64. The lowest BCUT2D eigenvalue weighted by molar-refractivity contribution is -0.384. The highest BCUT2D eigenvalue weighted by Gasteiger charge is 2.29. The summed E-state index contributed by atoms with van der Waals surface area (Å²) >= 11 is 1.11. The quantitative estimate of drug-likeness (QED) is 0.491. The molecule has 1 saturated carbocycles. The zero-order valence-corrected chi connectivity index (χ0v) is 13.1. The lowest BCUT2D eigenvalue weighted by Gasteiger charge is -2.08. The fraction of sp³-hybridized carbons (Fsp3) is 0.357. The largest absolute Gasteiger partial charge is 0.416 e. The van der Waals surface area contributed by atoms with Gasteiger partial charge in [-0.1, -0.05) is 23.9 Å². The Hall–Kier alpha value is -2.42. The molecular formula is C14H14N4O4S. The van der Waals surface area contributed by atoms with E-state index in [9.17, 15) is 14.9 Å². The second kappa shape index (κ2) is 6.37. The number of nitrogens with zero attached hydrogens (tertiary/aromatic N) is 3. The Morgan fingerprint density at radius 2 is 2.26 bits per heavy atom. The zero-order valence-electron chi connectivity index (χ0n) is 12.3. The van der Waals surface area contributed by atoms with Crippen molar-refractivity contribution < 1.29 is 14.1 Å². The van der Waals surface area contributed by atoms with Gasteiger partial charge in [-0.2, -0.15) is 0 Å². The number of nitro benzene ring substituents is 1. The third-order valence-electron chi connectivity index (χ3n) is 3.39. The summed E-state index contributed by atoms with van der Waals surface area (Å²) in [7, 11) is 0. The predicted molar refractivity (Wildman–Crippen MR) is 83.5 cm³/mol. The molecule has 9 heteroatoms. The minimum absolute atomic E-state index is 0.0395. The van der Waals surface area contributed by atoms with Gasteiger partial charge in [0.2, 0.25) is 11.8 Å². The Labute approximate surface area is 135 Å². The highest BCUT2D eigenvalue weighted by molar-refractivity contribution is 7.99. The number of hydrogen-bond acceptors (Lipinski definition) is 7. The molecule has 1 N–H and O–H groups in total. The highest BCUT2D eigenvalue weighted by Crippen LogP contribution is 2.39. The topological polar surface area (TPSA) is 111 Å². The highest BCUT2D eigenvalue weighted by atomic mass is 32.2. The van der Waals surface area contributed by atoms with Crippen LogP contribution in [0.3, 0.4) is 0 Å². The molecule has 1 aromatic heterocycles. The maximum atomic E-state index is 12.0. The SMILES string of the molecule is Cc1cccc([N+](=O)[O-])c1NC(=O)CSc1nnc(C2CC2)o1. The molecule has 120 valence electrons. The molecule has 1 aromatic carbocycles. The second-order valence-corrected chi connectivity index (χ2v) is 6.17. The number of para-hydroxylation sites is 1. The number of nitrogens with one attached hydrogen (secondary N) is 1. The number of hydrogen-bond donors (Lipinski definition) is 1. The van der Waals surface area contributed by atoms with E-state index in [1.807, 2.05) is 0 Å². The molecule has 1 aliphatic rings. The molecule has 2 aromatic rings. The first-order valence-electron chi connectivity index (χ1n) is 7.04. The van der Waals surface area contributed by atoms with Crippen molar-refractivity contribution in [3.63, 3.8) is 0 Å². The van der Waals surface area contributed by atoms with Crippen molar-refractivity contribution in [2.24, 2.45) is 0 Å². The van der Waals surface area contributed by atoms with Crippen LogP contribution in [-0.2, 0) is 4.79 Å². The van der Waals surface area contributed by atoms with Gasteiger partial charge in [-0.3, -0.25) is 14.9 Å². The van der Waals surface area contributed by atoms with Gasteiger partial charge in [0.1, 0.15) is 5.69 Å². The van der Waals surface area contributed by atoms with Gasteiger partial charge < -0.3 is 9.73 Å². The van der Waals surface area contributed by atoms with E-state index in [0.29, 0.717) is 22.6 Å². The fourth-order valence-corrected chi connectivity index (χ4v) is 2.61. The first-order valence-corrected chi connectivity index (χ1v) is 8.03. The van der Waals surface area contributed by atoms with Crippen molar-refractivity contribution >= 4 is 29.0 Å². The average Bonchev–Trinajstić information content (AvgIpc) is 3.26. The number of carbonyl (C=O) groups excluding carboxylic acids is 1. The molecule has 0 spiro atoms. The van der Waals surface area contributed by atoms with E-state index in [1.54, 1.807) is 19.1 Å². The first kappa shape index (κ1) is 15.5. The van der Waals surface area contributed by atoms with Crippen LogP contribution in [0.25, 0.3) is 0 Å². The van der Waals surface area contributed by atoms with Crippen molar-refractivity contribution in [2.75, 3.05) is 11.1 Å². The number of rotatable bonds is 6. The van der Waals surface area contributed by atoms with Gasteiger partial charge >= 0.3 is 0 Å². The average molecular weight is 334 g/mol. The van der Waals surface area contributed by atoms with Crippen LogP contribution in [0.4, 0.5) is 11.4 Å². The first-order chi connectivity index (χ1) is 11.0. The van der Waals surface area contributed by atoms with Crippen molar-refractivity contribution in [3.8, 4) is 0 Å². The van der Waals surface area contributed by atoms with E-state index in [-0.39, 0.29) is 23.0 Å². The summed E-state index contributed by atoms with van der Waals surface area (Å²) in [4.78, 5) is 22.5. The molecule has 0 atom stereocenters. The normalized spacial score (nSPS) is 13.8. The number of carbonyl (C=O) groups is 1. The molecule has 0 bridgehead atoms. The summed E-state index contributed by atoms with van der Waals surface area (Å²) in [5.74, 6) is 0.652. The second-order valence-electron chi connectivity index (χ2n) is 5.24. The van der Waals surface area contributed by atoms with E-state index >= 15 is 0 Å². The number of aryl methyl sites for hydroxylation is 1. The summed E-state index contributed by atoms with van der Waals surface area (Å²) in [6.45, 7) is 1.70. The summed E-state index contributed by atoms with van der Waals surface area (Å²) in [5, 5.41) is 21.7. The van der Waals surface area contributed by atoms with Crippen LogP contribution in [0.1, 0.15) is 30.2 Å². The monoisotopic (exact) mass is 334 g/mol. The van der Waals surface area contributed by atoms with Gasteiger partial charge in [0.25, 0.3) is 10.9 Å². The molecule has 23 heavy (non-hydrogen) atoms. The minimum Gasteiger partial charge on any atom is -0.416 e. The number of thioether (sulfide) groups is 1. The van der Waals surface area contributed by atoms with Crippen LogP contribution < -0.4 is 5.32 Å². The molecule has 8 nitrogen and oxygen atoms in total. The van der Waals surface area contributed by atoms with Gasteiger partial charge in [-0.15, -0.1) is 10.2 Å². The Kier molecular flexibility index (Phi) is 4.28. The number of anilines is 1. The molecular weight excluding hydrogens is 320 g/mol.